The first-order chi connectivity index (χ1) is 18.0. The first-order valence-electron chi connectivity index (χ1n) is 13.2. The zero-order chi connectivity index (χ0) is 25.5. The van der Waals surface area contributed by atoms with Gasteiger partial charge in [0.25, 0.3) is 0 Å². The first kappa shape index (κ1) is 24.9. The molecule has 0 radical (unpaired) electrons. The molecule has 10 nitrogen and oxygen atoms in total. The highest BCUT2D eigenvalue weighted by atomic mass is 32.1. The minimum Gasteiger partial charge on any atom is -0.396 e. The van der Waals surface area contributed by atoms with Gasteiger partial charge in [0.05, 0.1) is 40.4 Å². The number of nitrogens with zero attached hydrogens (tertiary/aromatic N) is 4. The number of rotatable bonds is 11. The van der Waals surface area contributed by atoms with Crippen molar-refractivity contribution in [3.63, 3.8) is 0 Å². The van der Waals surface area contributed by atoms with Gasteiger partial charge in [0.2, 0.25) is 5.95 Å². The minimum atomic E-state index is -1.02. The van der Waals surface area contributed by atoms with Crippen LogP contribution in [0.3, 0.4) is 0 Å². The smallest absolute Gasteiger partial charge is 0.224 e. The molecule has 4 atom stereocenters. The van der Waals surface area contributed by atoms with Crippen LogP contribution < -0.4 is 10.6 Å². The van der Waals surface area contributed by atoms with Crippen molar-refractivity contribution in [3.05, 3.63) is 23.7 Å². The zero-order valence-corrected chi connectivity index (χ0v) is 21.7. The van der Waals surface area contributed by atoms with E-state index in [4.69, 9.17) is 19.7 Å². The third kappa shape index (κ3) is 5.28. The molecule has 3 heterocycles. The van der Waals surface area contributed by atoms with Crippen LogP contribution in [0.2, 0.25) is 0 Å². The Hall–Kier alpha value is -2.44. The fourth-order valence-electron chi connectivity index (χ4n) is 5.04. The molecule has 3 aliphatic rings. The summed E-state index contributed by atoms with van der Waals surface area (Å²) in [6.45, 7) is 3.70. The molecule has 0 unspecified atom stereocenters. The maximum atomic E-state index is 10.7. The lowest BCUT2D eigenvalue weighted by Crippen LogP contribution is -2.35. The van der Waals surface area contributed by atoms with Gasteiger partial charge in [0, 0.05) is 37.8 Å². The average Bonchev–Trinajstić information content (AvgIpc) is 3.82. The molecule has 198 valence electrons. The number of fused-ring (bicyclic) bond motifs is 1. The molecule has 0 amide bonds. The molecule has 0 bridgehead atoms. The molecule has 0 spiro atoms. The van der Waals surface area contributed by atoms with E-state index in [1.54, 1.807) is 11.3 Å². The molecular formula is C26H34N6O4S. The number of aromatic nitrogens is 4. The van der Waals surface area contributed by atoms with Gasteiger partial charge in [0.1, 0.15) is 22.4 Å². The van der Waals surface area contributed by atoms with Crippen LogP contribution in [0, 0.1) is 18.8 Å². The quantitative estimate of drug-likeness (QED) is 0.236. The number of aryl methyl sites for hydroxylation is 1. The standard InChI is InChI=1S/C26H34N6O4S/c1-13-19(25-31-21-18(37-25)6-7-27-20(21)15-4-5-15)24(30-17-10-16(11-33)22(34)23(17)35)32-26(29-13)28-8-9-36-12-14-2-3-14/h6-7,14-17,22-23,33-35H,2-5,8-12H2,1H3,(H2,28,29,30,32)/t16-,17-,22-,23+/m1/s1. The zero-order valence-electron chi connectivity index (χ0n) is 20.9. The van der Waals surface area contributed by atoms with Gasteiger partial charge in [-0.1, -0.05) is 0 Å². The Balaban J connectivity index is 1.30. The fourth-order valence-corrected chi connectivity index (χ4v) is 6.11. The summed E-state index contributed by atoms with van der Waals surface area (Å²) in [5.41, 5.74) is 3.51. The summed E-state index contributed by atoms with van der Waals surface area (Å²) >= 11 is 1.58. The Bertz CT molecular complexity index is 1260. The molecule has 11 heteroatoms. The molecule has 3 aromatic rings. The second-order valence-electron chi connectivity index (χ2n) is 10.5. The topological polar surface area (TPSA) is 146 Å². The highest BCUT2D eigenvalue weighted by Crippen LogP contribution is 2.44. The van der Waals surface area contributed by atoms with E-state index in [0.29, 0.717) is 43.2 Å². The van der Waals surface area contributed by atoms with Gasteiger partial charge in [0.15, 0.2) is 0 Å². The van der Waals surface area contributed by atoms with Crippen molar-refractivity contribution in [2.24, 2.45) is 11.8 Å². The number of nitrogens with one attached hydrogen (secondary N) is 2. The molecule has 37 heavy (non-hydrogen) atoms. The minimum absolute atomic E-state index is 0.186. The number of hydrogen-bond acceptors (Lipinski definition) is 11. The van der Waals surface area contributed by atoms with E-state index >= 15 is 0 Å². The van der Waals surface area contributed by atoms with Gasteiger partial charge in [-0.15, -0.1) is 11.3 Å². The van der Waals surface area contributed by atoms with Gasteiger partial charge in [-0.05, 0) is 51.0 Å². The molecule has 3 aliphatic carbocycles. The van der Waals surface area contributed by atoms with E-state index in [-0.39, 0.29) is 6.61 Å². The van der Waals surface area contributed by atoms with E-state index in [1.807, 2.05) is 19.2 Å². The molecule has 5 N–H and O–H groups in total. The highest BCUT2D eigenvalue weighted by molar-refractivity contribution is 7.21. The van der Waals surface area contributed by atoms with Crippen molar-refractivity contribution in [1.29, 1.82) is 0 Å². The van der Waals surface area contributed by atoms with Crippen molar-refractivity contribution in [2.45, 2.75) is 63.2 Å². The summed E-state index contributed by atoms with van der Waals surface area (Å²) < 4.78 is 6.80. The van der Waals surface area contributed by atoms with Crippen LogP contribution in [0.4, 0.5) is 11.8 Å². The third-order valence-corrected chi connectivity index (χ3v) is 8.58. The van der Waals surface area contributed by atoms with Crippen molar-refractivity contribution >= 4 is 33.3 Å². The lowest BCUT2D eigenvalue weighted by atomic mass is 10.1. The molecule has 0 saturated heterocycles. The molecule has 6 rings (SSSR count). The van der Waals surface area contributed by atoms with Gasteiger partial charge in [-0.25, -0.2) is 9.97 Å². The van der Waals surface area contributed by atoms with Crippen LogP contribution in [0.15, 0.2) is 12.3 Å². The number of aliphatic hydroxyl groups excluding tert-OH is 3. The van der Waals surface area contributed by atoms with E-state index in [0.717, 1.165) is 51.6 Å². The summed E-state index contributed by atoms with van der Waals surface area (Å²) in [5.74, 6) is 1.81. The summed E-state index contributed by atoms with van der Waals surface area (Å²) in [5, 5.41) is 38.1. The second-order valence-corrected chi connectivity index (χ2v) is 11.6. The SMILES string of the molecule is Cc1nc(NCCOCC2CC2)nc(N[C@@H]2C[C@H](CO)[C@@H](O)[C@H]2O)c1-c1nc2c(C3CC3)nccc2s1. The van der Waals surface area contributed by atoms with E-state index < -0.39 is 24.2 Å². The molecule has 3 aromatic heterocycles. The number of hydrogen-bond donors (Lipinski definition) is 5. The van der Waals surface area contributed by atoms with Crippen LogP contribution >= 0.6 is 11.3 Å². The molecule has 0 aliphatic heterocycles. The van der Waals surface area contributed by atoms with Crippen molar-refractivity contribution in [1.82, 2.24) is 19.9 Å². The number of pyridine rings is 1. The molecule has 3 saturated carbocycles. The normalized spacial score (nSPS) is 25.6. The maximum absolute atomic E-state index is 10.7. The van der Waals surface area contributed by atoms with E-state index in [1.165, 1.54) is 12.8 Å². The molecule has 3 fully saturated rings. The number of ether oxygens (including phenoxy) is 1. The third-order valence-electron chi connectivity index (χ3n) is 7.54. The van der Waals surface area contributed by atoms with Gasteiger partial charge in [-0.2, -0.15) is 4.98 Å². The van der Waals surface area contributed by atoms with Crippen molar-refractivity contribution in [3.8, 4) is 10.6 Å². The molecule has 0 aromatic carbocycles. The summed E-state index contributed by atoms with van der Waals surface area (Å²) in [6.07, 6.45) is 5.07. The van der Waals surface area contributed by atoms with Gasteiger partial charge >= 0.3 is 0 Å². The lowest BCUT2D eigenvalue weighted by molar-refractivity contribution is 0.00446. The largest absolute Gasteiger partial charge is 0.396 e. The Labute approximate surface area is 219 Å². The Kier molecular flexibility index (Phi) is 6.97. The molecular weight excluding hydrogens is 492 g/mol. The lowest BCUT2D eigenvalue weighted by Gasteiger charge is -2.21. The van der Waals surface area contributed by atoms with Crippen molar-refractivity contribution < 1.29 is 20.1 Å². The van der Waals surface area contributed by atoms with E-state index in [9.17, 15) is 15.3 Å². The van der Waals surface area contributed by atoms with E-state index in [2.05, 4.69) is 15.6 Å². The monoisotopic (exact) mass is 526 g/mol. The summed E-state index contributed by atoms with van der Waals surface area (Å²) in [7, 11) is 0. The van der Waals surface area contributed by atoms with Crippen LogP contribution in [0.25, 0.3) is 20.8 Å². The predicted octanol–water partition coefficient (Wildman–Crippen LogP) is 2.69. The maximum Gasteiger partial charge on any atom is 0.224 e. The van der Waals surface area contributed by atoms with Crippen LogP contribution in [0.5, 0.6) is 0 Å². The summed E-state index contributed by atoms with van der Waals surface area (Å²) in [4.78, 5) is 19.1. The first-order valence-corrected chi connectivity index (χ1v) is 14.0. The van der Waals surface area contributed by atoms with Crippen LogP contribution in [-0.4, -0.2) is 79.9 Å². The number of aliphatic hydroxyl groups is 3. The van der Waals surface area contributed by atoms with Crippen LogP contribution in [-0.2, 0) is 4.74 Å². The highest BCUT2D eigenvalue weighted by Gasteiger charge is 2.41. The summed E-state index contributed by atoms with van der Waals surface area (Å²) in [6, 6.07) is 1.53. The Morgan fingerprint density at radius 1 is 1.11 bits per heavy atom. The number of anilines is 2. The van der Waals surface area contributed by atoms with Crippen LogP contribution in [0.1, 0.15) is 49.4 Å². The van der Waals surface area contributed by atoms with Crippen molar-refractivity contribution in [2.75, 3.05) is 37.0 Å². The van der Waals surface area contributed by atoms with Gasteiger partial charge < -0.3 is 30.7 Å². The van der Waals surface area contributed by atoms with Gasteiger partial charge in [-0.3, -0.25) is 4.98 Å². The fraction of sp³-hybridized carbons (Fsp3) is 0.615. The second kappa shape index (κ2) is 10.4. The predicted molar refractivity (Wildman–Crippen MR) is 142 cm³/mol. The Morgan fingerprint density at radius 2 is 1.95 bits per heavy atom. The number of thiazole rings is 1. The Morgan fingerprint density at radius 3 is 2.68 bits per heavy atom. The average molecular weight is 527 g/mol.